The Hall–Kier alpha value is -2.62. The highest BCUT2D eigenvalue weighted by Gasteiger charge is 2.22. The number of amides is 1. The molecular weight excluding hydrogens is 310 g/mol. The molecular formula is C21H25N3O. The van der Waals surface area contributed by atoms with Gasteiger partial charge in [0.1, 0.15) is 5.69 Å². The van der Waals surface area contributed by atoms with Crippen molar-refractivity contribution in [2.24, 2.45) is 7.05 Å². The van der Waals surface area contributed by atoms with Crippen molar-refractivity contribution >= 4 is 16.8 Å². The van der Waals surface area contributed by atoms with E-state index in [1.54, 1.807) is 0 Å². The van der Waals surface area contributed by atoms with Gasteiger partial charge in [0.05, 0.1) is 5.52 Å². The van der Waals surface area contributed by atoms with Crippen LogP contribution in [0.15, 0.2) is 42.6 Å². The Bertz CT molecular complexity index is 926. The number of aromatic nitrogens is 2. The molecule has 2 aromatic heterocycles. The van der Waals surface area contributed by atoms with Crippen LogP contribution in [-0.4, -0.2) is 33.4 Å². The number of pyridine rings is 1. The lowest BCUT2D eigenvalue weighted by molar-refractivity contribution is 0.0734. The summed E-state index contributed by atoms with van der Waals surface area (Å²) in [5, 5.41) is 1.10. The van der Waals surface area contributed by atoms with Gasteiger partial charge in [0.15, 0.2) is 0 Å². The molecule has 0 aliphatic heterocycles. The van der Waals surface area contributed by atoms with Crippen molar-refractivity contribution in [2.75, 3.05) is 7.05 Å². The number of benzene rings is 1. The fraction of sp³-hybridized carbons (Fsp3) is 0.333. The molecule has 0 aliphatic carbocycles. The quantitative estimate of drug-likeness (QED) is 0.725. The monoisotopic (exact) mass is 335 g/mol. The summed E-state index contributed by atoms with van der Waals surface area (Å²) in [6.07, 6.45) is 2.57. The highest BCUT2D eigenvalue weighted by Crippen LogP contribution is 2.23. The minimum absolute atomic E-state index is 0.0400. The largest absolute Gasteiger partial charge is 0.339 e. The van der Waals surface area contributed by atoms with Gasteiger partial charge in [0, 0.05) is 43.8 Å². The lowest BCUT2D eigenvalue weighted by Gasteiger charge is -2.25. The summed E-state index contributed by atoms with van der Waals surface area (Å²) in [6, 6.07) is 12.3. The second-order valence-corrected chi connectivity index (χ2v) is 6.90. The van der Waals surface area contributed by atoms with Crippen LogP contribution in [0.25, 0.3) is 10.9 Å². The van der Waals surface area contributed by atoms with Crippen LogP contribution in [0, 0.1) is 13.8 Å². The van der Waals surface area contributed by atoms with E-state index in [1.807, 2.05) is 48.0 Å². The fourth-order valence-corrected chi connectivity index (χ4v) is 3.36. The van der Waals surface area contributed by atoms with Gasteiger partial charge in [-0.05, 0) is 50.1 Å². The van der Waals surface area contributed by atoms with E-state index in [2.05, 4.69) is 44.0 Å². The number of para-hydroxylation sites is 1. The van der Waals surface area contributed by atoms with Crippen LogP contribution in [0.4, 0.5) is 0 Å². The summed E-state index contributed by atoms with van der Waals surface area (Å²) in [5.74, 6) is 0.0400. The molecule has 1 aromatic carbocycles. The van der Waals surface area contributed by atoms with Crippen LogP contribution in [0.5, 0.6) is 0 Å². The van der Waals surface area contributed by atoms with Crippen molar-refractivity contribution in [3.8, 4) is 0 Å². The molecule has 0 saturated heterocycles. The van der Waals surface area contributed by atoms with Crippen molar-refractivity contribution in [3.63, 3.8) is 0 Å². The van der Waals surface area contributed by atoms with Crippen molar-refractivity contribution in [1.82, 2.24) is 14.5 Å². The first-order valence-corrected chi connectivity index (χ1v) is 8.62. The maximum absolute atomic E-state index is 13.0. The molecule has 1 amide bonds. The number of aryl methyl sites for hydroxylation is 3. The van der Waals surface area contributed by atoms with Crippen LogP contribution >= 0.6 is 0 Å². The van der Waals surface area contributed by atoms with Gasteiger partial charge in [-0.3, -0.25) is 9.78 Å². The number of hydrogen-bond acceptors (Lipinski definition) is 2. The van der Waals surface area contributed by atoms with Gasteiger partial charge in [0.2, 0.25) is 0 Å². The summed E-state index contributed by atoms with van der Waals surface area (Å²) in [4.78, 5) is 19.3. The summed E-state index contributed by atoms with van der Waals surface area (Å²) in [7, 11) is 3.83. The number of hydrogen-bond donors (Lipinski definition) is 0. The van der Waals surface area contributed by atoms with Gasteiger partial charge in [-0.15, -0.1) is 0 Å². The Labute approximate surface area is 149 Å². The Balaban J connectivity index is 1.85. The first-order valence-electron chi connectivity index (χ1n) is 8.62. The van der Waals surface area contributed by atoms with Crippen LogP contribution in [0.2, 0.25) is 0 Å². The molecule has 0 aliphatic rings. The molecule has 4 nitrogen and oxygen atoms in total. The van der Waals surface area contributed by atoms with Crippen molar-refractivity contribution in [3.05, 3.63) is 65.1 Å². The Kier molecular flexibility index (Phi) is 4.62. The summed E-state index contributed by atoms with van der Waals surface area (Å²) < 4.78 is 2.00. The topological polar surface area (TPSA) is 38.1 Å². The van der Waals surface area contributed by atoms with Gasteiger partial charge in [-0.25, -0.2) is 0 Å². The van der Waals surface area contributed by atoms with Crippen molar-refractivity contribution in [1.29, 1.82) is 0 Å². The summed E-state index contributed by atoms with van der Waals surface area (Å²) in [5.41, 5.74) is 5.22. The van der Waals surface area contributed by atoms with Crippen LogP contribution in [0.3, 0.4) is 0 Å². The van der Waals surface area contributed by atoms with E-state index in [4.69, 9.17) is 0 Å². The maximum Gasteiger partial charge on any atom is 0.270 e. The molecule has 0 fully saturated rings. The second kappa shape index (κ2) is 6.71. The standard InChI is InChI=1S/C21H25N3O/c1-14-9-10-22-18(11-14)12-16(3)23(4)21(25)19-13-17-8-6-7-15(2)20(17)24(19)5/h6-11,13,16H,12H2,1-5H3/t16-/m1/s1. The third-order valence-corrected chi connectivity index (χ3v) is 4.94. The number of rotatable bonds is 4. The van der Waals surface area contributed by atoms with Gasteiger partial charge in [-0.2, -0.15) is 0 Å². The molecule has 1 atom stereocenters. The number of nitrogens with zero attached hydrogens (tertiary/aromatic N) is 3. The molecule has 3 aromatic rings. The zero-order valence-corrected chi connectivity index (χ0v) is 15.6. The molecule has 0 radical (unpaired) electrons. The SMILES string of the molecule is Cc1ccnc(C[C@@H](C)N(C)C(=O)c2cc3cccc(C)c3n2C)c1. The van der Waals surface area contributed by atoms with Crippen molar-refractivity contribution < 1.29 is 4.79 Å². The smallest absolute Gasteiger partial charge is 0.270 e. The van der Waals surface area contributed by atoms with Crippen LogP contribution < -0.4 is 0 Å². The molecule has 4 heteroatoms. The highest BCUT2D eigenvalue weighted by atomic mass is 16.2. The lowest BCUT2D eigenvalue weighted by Crippen LogP contribution is -2.37. The summed E-state index contributed by atoms with van der Waals surface area (Å²) >= 11 is 0. The number of likely N-dealkylation sites (N-methyl/N-ethyl adjacent to an activating group) is 1. The minimum atomic E-state index is 0.0400. The van der Waals surface area contributed by atoms with E-state index < -0.39 is 0 Å². The third-order valence-electron chi connectivity index (χ3n) is 4.94. The minimum Gasteiger partial charge on any atom is -0.339 e. The first-order chi connectivity index (χ1) is 11.9. The fourth-order valence-electron chi connectivity index (χ4n) is 3.36. The molecule has 2 heterocycles. The van der Waals surface area contributed by atoms with Gasteiger partial charge >= 0.3 is 0 Å². The average molecular weight is 335 g/mol. The molecule has 3 rings (SSSR count). The molecule has 0 N–H and O–H groups in total. The maximum atomic E-state index is 13.0. The van der Waals surface area contributed by atoms with E-state index >= 15 is 0 Å². The van der Waals surface area contributed by atoms with Crippen LogP contribution in [0.1, 0.15) is 34.2 Å². The molecule has 25 heavy (non-hydrogen) atoms. The molecule has 0 spiro atoms. The van der Waals surface area contributed by atoms with E-state index in [0.717, 1.165) is 28.7 Å². The van der Waals surface area contributed by atoms with Gasteiger partial charge in [0.25, 0.3) is 5.91 Å². The van der Waals surface area contributed by atoms with E-state index in [9.17, 15) is 4.79 Å². The zero-order valence-electron chi connectivity index (χ0n) is 15.6. The Morgan fingerprint density at radius 3 is 2.68 bits per heavy atom. The number of carbonyl (C=O) groups is 1. The first kappa shape index (κ1) is 17.2. The predicted octanol–water partition coefficient (Wildman–Crippen LogP) is 3.89. The zero-order chi connectivity index (χ0) is 18.1. The Morgan fingerprint density at radius 1 is 1.24 bits per heavy atom. The predicted molar refractivity (Wildman–Crippen MR) is 102 cm³/mol. The lowest BCUT2D eigenvalue weighted by atomic mass is 10.1. The van der Waals surface area contributed by atoms with Crippen LogP contribution in [-0.2, 0) is 13.5 Å². The second-order valence-electron chi connectivity index (χ2n) is 6.90. The summed E-state index contributed by atoms with van der Waals surface area (Å²) in [6.45, 7) is 6.20. The van der Waals surface area contributed by atoms with E-state index in [-0.39, 0.29) is 11.9 Å². The van der Waals surface area contributed by atoms with E-state index in [1.165, 1.54) is 11.1 Å². The third kappa shape index (κ3) is 3.29. The van der Waals surface area contributed by atoms with Crippen molar-refractivity contribution in [2.45, 2.75) is 33.2 Å². The molecule has 0 bridgehead atoms. The number of fused-ring (bicyclic) bond motifs is 1. The van der Waals surface area contributed by atoms with E-state index in [0.29, 0.717) is 0 Å². The average Bonchev–Trinajstić information content (AvgIpc) is 2.91. The Morgan fingerprint density at radius 2 is 2.00 bits per heavy atom. The molecule has 0 saturated carbocycles. The van der Waals surface area contributed by atoms with Gasteiger partial charge < -0.3 is 9.47 Å². The molecule has 130 valence electrons. The molecule has 0 unspecified atom stereocenters. The number of carbonyl (C=O) groups excluding carboxylic acids is 1. The van der Waals surface area contributed by atoms with Gasteiger partial charge in [-0.1, -0.05) is 18.2 Å². The normalized spacial score (nSPS) is 12.4. The highest BCUT2D eigenvalue weighted by molar-refractivity contribution is 5.99.